The zero-order valence-electron chi connectivity index (χ0n) is 9.87. The van der Waals surface area contributed by atoms with Gasteiger partial charge in [0.1, 0.15) is 0 Å². The van der Waals surface area contributed by atoms with Gasteiger partial charge >= 0.3 is 0 Å². The van der Waals surface area contributed by atoms with E-state index in [4.69, 9.17) is 5.73 Å². The molecule has 1 heterocycles. The summed E-state index contributed by atoms with van der Waals surface area (Å²) in [7, 11) is 4.36. The monoisotopic (exact) mass is 199 g/mol. The molecule has 0 aromatic rings. The number of likely N-dealkylation sites (tertiary alicyclic amines) is 1. The predicted molar refractivity (Wildman–Crippen MR) is 61.4 cm³/mol. The molecule has 0 aromatic carbocycles. The third-order valence-corrected chi connectivity index (χ3v) is 3.57. The summed E-state index contributed by atoms with van der Waals surface area (Å²) in [6.07, 6.45) is 2.67. The molecule has 0 radical (unpaired) electrons. The zero-order chi connectivity index (χ0) is 10.6. The highest BCUT2D eigenvalue weighted by molar-refractivity contribution is 4.79. The summed E-state index contributed by atoms with van der Waals surface area (Å²) in [5.74, 6) is 0.874. The predicted octanol–water partition coefficient (Wildman–Crippen LogP) is 0.607. The van der Waals surface area contributed by atoms with Crippen LogP contribution < -0.4 is 5.73 Å². The van der Waals surface area contributed by atoms with Gasteiger partial charge in [-0.15, -0.1) is 0 Å². The van der Waals surface area contributed by atoms with Gasteiger partial charge in [-0.05, 0) is 52.9 Å². The molecule has 84 valence electrons. The first kappa shape index (κ1) is 12.0. The van der Waals surface area contributed by atoms with Crippen molar-refractivity contribution in [1.82, 2.24) is 9.80 Å². The molecule has 1 aliphatic heterocycles. The molecule has 1 rings (SSSR count). The average Bonchev–Trinajstić information content (AvgIpc) is 2.18. The summed E-state index contributed by atoms with van der Waals surface area (Å²) in [6, 6.07) is 0.718. The Bertz CT molecular complexity index is 151. The van der Waals surface area contributed by atoms with Crippen LogP contribution >= 0.6 is 0 Å². The van der Waals surface area contributed by atoms with Gasteiger partial charge in [-0.25, -0.2) is 0 Å². The molecule has 0 spiro atoms. The van der Waals surface area contributed by atoms with Gasteiger partial charge in [0, 0.05) is 19.1 Å². The lowest BCUT2D eigenvalue weighted by Gasteiger charge is -2.37. The smallest absolute Gasteiger partial charge is 0.0105 e. The quantitative estimate of drug-likeness (QED) is 0.720. The van der Waals surface area contributed by atoms with Gasteiger partial charge in [-0.3, -0.25) is 0 Å². The van der Waals surface area contributed by atoms with Crippen LogP contribution in [-0.2, 0) is 0 Å². The molecule has 3 heteroatoms. The Hall–Kier alpha value is -0.120. The first-order valence-corrected chi connectivity index (χ1v) is 5.74. The summed E-state index contributed by atoms with van der Waals surface area (Å²) in [6.45, 7) is 6.68. The van der Waals surface area contributed by atoms with Gasteiger partial charge < -0.3 is 15.5 Å². The lowest BCUT2D eigenvalue weighted by atomic mass is 9.90. The van der Waals surface area contributed by atoms with Crippen molar-refractivity contribution in [3.8, 4) is 0 Å². The summed E-state index contributed by atoms with van der Waals surface area (Å²) in [5.41, 5.74) is 5.55. The summed E-state index contributed by atoms with van der Waals surface area (Å²) >= 11 is 0. The maximum absolute atomic E-state index is 5.55. The molecule has 0 saturated carbocycles. The van der Waals surface area contributed by atoms with E-state index in [0.29, 0.717) is 0 Å². The molecule has 1 saturated heterocycles. The molecular weight excluding hydrogens is 174 g/mol. The minimum absolute atomic E-state index is 0.718. The van der Waals surface area contributed by atoms with E-state index >= 15 is 0 Å². The van der Waals surface area contributed by atoms with E-state index in [2.05, 4.69) is 30.8 Å². The molecule has 0 bridgehead atoms. The van der Waals surface area contributed by atoms with E-state index in [1.54, 1.807) is 0 Å². The lowest BCUT2D eigenvalue weighted by Crippen LogP contribution is -2.42. The molecule has 1 unspecified atom stereocenters. The number of piperidine rings is 1. The molecule has 1 aliphatic rings. The van der Waals surface area contributed by atoms with Gasteiger partial charge in [0.25, 0.3) is 0 Å². The van der Waals surface area contributed by atoms with E-state index < -0.39 is 0 Å². The van der Waals surface area contributed by atoms with E-state index in [1.165, 1.54) is 25.9 Å². The number of hydrogen-bond donors (Lipinski definition) is 1. The average molecular weight is 199 g/mol. The fourth-order valence-corrected chi connectivity index (χ4v) is 2.26. The maximum Gasteiger partial charge on any atom is 0.0105 e. The van der Waals surface area contributed by atoms with E-state index in [-0.39, 0.29) is 0 Å². The fourth-order valence-electron chi connectivity index (χ4n) is 2.26. The van der Waals surface area contributed by atoms with Crippen LogP contribution in [0.4, 0.5) is 0 Å². The van der Waals surface area contributed by atoms with Crippen molar-refractivity contribution >= 4 is 0 Å². The third kappa shape index (κ3) is 3.23. The van der Waals surface area contributed by atoms with Crippen LogP contribution in [0.5, 0.6) is 0 Å². The Morgan fingerprint density at radius 3 is 2.36 bits per heavy atom. The fraction of sp³-hybridized carbons (Fsp3) is 1.00. The molecule has 0 aromatic heterocycles. The highest BCUT2D eigenvalue weighted by Crippen LogP contribution is 2.22. The van der Waals surface area contributed by atoms with Gasteiger partial charge in [0.2, 0.25) is 0 Å². The molecule has 0 amide bonds. The number of rotatable bonds is 4. The Morgan fingerprint density at radius 2 is 1.93 bits per heavy atom. The number of nitrogens with zero attached hydrogens (tertiary/aromatic N) is 2. The SMILES string of the molecule is CC(C1CCN(CCN)CC1)N(C)C. The second kappa shape index (κ2) is 5.69. The van der Waals surface area contributed by atoms with Crippen LogP contribution in [0, 0.1) is 5.92 Å². The Balaban J connectivity index is 2.28. The lowest BCUT2D eigenvalue weighted by molar-refractivity contribution is 0.127. The topological polar surface area (TPSA) is 32.5 Å². The Morgan fingerprint density at radius 1 is 1.36 bits per heavy atom. The largest absolute Gasteiger partial charge is 0.329 e. The second-order valence-corrected chi connectivity index (χ2v) is 4.67. The highest BCUT2D eigenvalue weighted by Gasteiger charge is 2.24. The van der Waals surface area contributed by atoms with Crippen LogP contribution in [0.15, 0.2) is 0 Å². The van der Waals surface area contributed by atoms with Crippen LogP contribution in [-0.4, -0.2) is 56.1 Å². The molecule has 2 N–H and O–H groups in total. The van der Waals surface area contributed by atoms with Crippen molar-refractivity contribution in [2.24, 2.45) is 11.7 Å². The van der Waals surface area contributed by atoms with E-state index in [1.807, 2.05) is 0 Å². The van der Waals surface area contributed by atoms with Crippen molar-refractivity contribution in [1.29, 1.82) is 0 Å². The van der Waals surface area contributed by atoms with Crippen LogP contribution in [0.1, 0.15) is 19.8 Å². The van der Waals surface area contributed by atoms with Crippen molar-refractivity contribution in [3.05, 3.63) is 0 Å². The van der Waals surface area contributed by atoms with E-state index in [0.717, 1.165) is 25.0 Å². The van der Waals surface area contributed by atoms with Crippen LogP contribution in [0.25, 0.3) is 0 Å². The van der Waals surface area contributed by atoms with E-state index in [9.17, 15) is 0 Å². The molecule has 14 heavy (non-hydrogen) atoms. The van der Waals surface area contributed by atoms with Crippen molar-refractivity contribution in [3.63, 3.8) is 0 Å². The van der Waals surface area contributed by atoms with Crippen molar-refractivity contribution < 1.29 is 0 Å². The Kier molecular flexibility index (Phi) is 4.85. The van der Waals surface area contributed by atoms with Gasteiger partial charge in [-0.2, -0.15) is 0 Å². The Labute approximate surface area is 88.2 Å². The normalized spacial score (nSPS) is 22.9. The van der Waals surface area contributed by atoms with Crippen molar-refractivity contribution in [2.75, 3.05) is 40.3 Å². The third-order valence-electron chi connectivity index (χ3n) is 3.57. The summed E-state index contributed by atoms with van der Waals surface area (Å²) in [4.78, 5) is 4.82. The molecule has 0 aliphatic carbocycles. The number of nitrogens with two attached hydrogens (primary N) is 1. The first-order chi connectivity index (χ1) is 6.65. The van der Waals surface area contributed by atoms with Crippen molar-refractivity contribution in [2.45, 2.75) is 25.8 Å². The summed E-state index contributed by atoms with van der Waals surface area (Å²) < 4.78 is 0. The molecular formula is C11H25N3. The van der Waals surface area contributed by atoms with Gasteiger partial charge in [0.05, 0.1) is 0 Å². The van der Waals surface area contributed by atoms with Crippen LogP contribution in [0.3, 0.4) is 0 Å². The first-order valence-electron chi connectivity index (χ1n) is 5.74. The summed E-state index contributed by atoms with van der Waals surface area (Å²) in [5, 5.41) is 0. The molecule has 1 fully saturated rings. The minimum atomic E-state index is 0.718. The zero-order valence-corrected chi connectivity index (χ0v) is 9.87. The maximum atomic E-state index is 5.55. The standard InChI is InChI=1S/C11H25N3/c1-10(13(2)3)11-4-7-14(8-5-11)9-6-12/h10-11H,4-9,12H2,1-3H3. The molecule has 1 atom stereocenters. The van der Waals surface area contributed by atoms with Crippen LogP contribution in [0.2, 0.25) is 0 Å². The van der Waals surface area contributed by atoms with Gasteiger partial charge in [0.15, 0.2) is 0 Å². The second-order valence-electron chi connectivity index (χ2n) is 4.67. The van der Waals surface area contributed by atoms with Gasteiger partial charge in [-0.1, -0.05) is 0 Å². The molecule has 3 nitrogen and oxygen atoms in total. The highest BCUT2D eigenvalue weighted by atomic mass is 15.1. The minimum Gasteiger partial charge on any atom is -0.329 e. The number of hydrogen-bond acceptors (Lipinski definition) is 3.